The fourth-order valence-electron chi connectivity index (χ4n) is 0. The summed E-state index contributed by atoms with van der Waals surface area (Å²) >= 11 is 0. The number of aliphatic hydroxyl groups is 1. The summed E-state index contributed by atoms with van der Waals surface area (Å²) in [7, 11) is 0. The lowest BCUT2D eigenvalue weighted by Gasteiger charge is -1.91. The first-order valence-electron chi connectivity index (χ1n) is 3.65. The first-order valence-corrected chi connectivity index (χ1v) is 3.65. The average molecular weight is 137 g/mol. The molecular formula is C7H23NO. The van der Waals surface area contributed by atoms with Gasteiger partial charge in [0.25, 0.3) is 0 Å². The fraction of sp³-hybridized carbons (Fsp3) is 1.00. The summed E-state index contributed by atoms with van der Waals surface area (Å²) in [5.41, 5.74) is 4.92. The Morgan fingerprint density at radius 2 is 1.44 bits per heavy atom. The second-order valence-electron chi connectivity index (χ2n) is 1.08. The summed E-state index contributed by atoms with van der Waals surface area (Å²) in [5.74, 6) is 0. The third-order valence-electron chi connectivity index (χ3n) is 0.341. The van der Waals surface area contributed by atoms with Crippen LogP contribution in [0, 0.1) is 0 Å². The first-order chi connectivity index (χ1) is 4.27. The van der Waals surface area contributed by atoms with E-state index in [9.17, 15) is 0 Å². The third-order valence-corrected chi connectivity index (χ3v) is 0.341. The van der Waals surface area contributed by atoms with E-state index in [0.717, 1.165) is 0 Å². The number of hydrogen-bond donors (Lipinski definition) is 2. The highest BCUT2D eigenvalue weighted by molar-refractivity contribution is 4.40. The molecule has 9 heavy (non-hydrogen) atoms. The van der Waals surface area contributed by atoms with Crippen LogP contribution in [0.15, 0.2) is 0 Å². The Balaban J connectivity index is -0.0000000315. The van der Waals surface area contributed by atoms with Crippen LogP contribution in [0.4, 0.5) is 0 Å². The molecule has 3 N–H and O–H groups in total. The van der Waals surface area contributed by atoms with Gasteiger partial charge in [0.1, 0.15) is 0 Å². The Labute approximate surface area is 60.6 Å². The van der Waals surface area contributed by atoms with Gasteiger partial charge in [0.05, 0.1) is 6.10 Å². The maximum atomic E-state index is 8.24. The van der Waals surface area contributed by atoms with E-state index in [1.54, 1.807) is 6.92 Å². The van der Waals surface area contributed by atoms with Gasteiger partial charge >= 0.3 is 0 Å². The van der Waals surface area contributed by atoms with Crippen LogP contribution in [0.3, 0.4) is 0 Å². The van der Waals surface area contributed by atoms with E-state index in [-0.39, 0.29) is 7.53 Å². The lowest BCUT2D eigenvalue weighted by atomic mass is 10.4. The van der Waals surface area contributed by atoms with Crippen LogP contribution < -0.4 is 5.73 Å². The second-order valence-corrected chi connectivity index (χ2v) is 1.08. The Bertz CT molecular complexity index is 27.6. The van der Waals surface area contributed by atoms with Gasteiger partial charge in [0.2, 0.25) is 0 Å². The van der Waals surface area contributed by atoms with Crippen molar-refractivity contribution in [2.45, 2.75) is 40.7 Å². The van der Waals surface area contributed by atoms with Crippen molar-refractivity contribution in [1.82, 2.24) is 0 Å². The van der Waals surface area contributed by atoms with Gasteiger partial charge < -0.3 is 10.8 Å². The van der Waals surface area contributed by atoms with Crippen LogP contribution in [0.5, 0.6) is 0 Å². The molecule has 0 spiro atoms. The Hall–Kier alpha value is -0.0800. The van der Waals surface area contributed by atoms with E-state index in [0.29, 0.717) is 6.54 Å². The molecule has 0 aromatic rings. The zero-order valence-electron chi connectivity index (χ0n) is 7.31. The molecule has 0 amide bonds. The minimum absolute atomic E-state index is 0. The van der Waals surface area contributed by atoms with Crippen LogP contribution in [-0.2, 0) is 0 Å². The lowest BCUT2D eigenvalue weighted by molar-refractivity contribution is 0.203. The zero-order chi connectivity index (χ0) is 8.28. The molecule has 0 rings (SSSR count). The largest absolute Gasteiger partial charge is 0.392 e. The van der Waals surface area contributed by atoms with E-state index in [4.69, 9.17) is 10.8 Å². The van der Waals surface area contributed by atoms with E-state index in [2.05, 4.69) is 0 Å². The van der Waals surface area contributed by atoms with Gasteiger partial charge in [-0.25, -0.2) is 0 Å². The molecule has 1 unspecified atom stereocenters. The standard InChI is InChI=1S/C3H9NO.2C2H6.H2/c1-3(5)2-4;2*1-2;/h3,5H,2,4H2,1H3;2*1-2H3;1H. The zero-order valence-corrected chi connectivity index (χ0v) is 7.31. The van der Waals surface area contributed by atoms with Gasteiger partial charge in [-0.3, -0.25) is 0 Å². The van der Waals surface area contributed by atoms with Crippen LogP contribution in [-0.4, -0.2) is 17.8 Å². The Morgan fingerprint density at radius 1 is 1.33 bits per heavy atom. The van der Waals surface area contributed by atoms with E-state index >= 15 is 0 Å². The Morgan fingerprint density at radius 3 is 1.44 bits per heavy atom. The fourth-order valence-corrected chi connectivity index (χ4v) is 0. The Kier molecular flexibility index (Phi) is 43.8. The van der Waals surface area contributed by atoms with Gasteiger partial charge in [-0.15, -0.1) is 0 Å². The quantitative estimate of drug-likeness (QED) is 0.577. The van der Waals surface area contributed by atoms with Crippen LogP contribution in [0.1, 0.15) is 36.0 Å². The number of hydrogen-bond acceptors (Lipinski definition) is 2. The van der Waals surface area contributed by atoms with Crippen molar-refractivity contribution in [2.75, 3.05) is 6.54 Å². The lowest BCUT2D eigenvalue weighted by Crippen LogP contribution is -2.14. The van der Waals surface area contributed by atoms with Crippen molar-refractivity contribution in [3.05, 3.63) is 0 Å². The van der Waals surface area contributed by atoms with Crippen LogP contribution in [0.25, 0.3) is 0 Å². The summed E-state index contributed by atoms with van der Waals surface area (Å²) in [4.78, 5) is 0. The summed E-state index contributed by atoms with van der Waals surface area (Å²) in [6.07, 6.45) is -0.338. The van der Waals surface area contributed by atoms with Crippen molar-refractivity contribution in [3.63, 3.8) is 0 Å². The predicted molar refractivity (Wildman–Crippen MR) is 45.5 cm³/mol. The van der Waals surface area contributed by atoms with E-state index < -0.39 is 0 Å². The molecule has 0 aliphatic heterocycles. The van der Waals surface area contributed by atoms with Crippen molar-refractivity contribution in [2.24, 2.45) is 5.73 Å². The molecule has 2 heteroatoms. The predicted octanol–water partition coefficient (Wildman–Crippen LogP) is 1.62. The summed E-state index contributed by atoms with van der Waals surface area (Å²) in [6, 6.07) is 0. The molecule has 0 aliphatic rings. The molecule has 0 bridgehead atoms. The molecule has 0 radical (unpaired) electrons. The van der Waals surface area contributed by atoms with Crippen LogP contribution >= 0.6 is 0 Å². The number of aliphatic hydroxyl groups excluding tert-OH is 1. The van der Waals surface area contributed by atoms with Gasteiger partial charge in [-0.2, -0.15) is 0 Å². The molecule has 0 heterocycles. The topological polar surface area (TPSA) is 46.2 Å². The first kappa shape index (κ1) is 16.0. The molecule has 0 saturated carbocycles. The molecular weight excluding hydrogens is 114 g/mol. The molecule has 2 nitrogen and oxygen atoms in total. The molecule has 62 valence electrons. The van der Waals surface area contributed by atoms with Crippen molar-refractivity contribution < 1.29 is 6.53 Å². The molecule has 0 aliphatic carbocycles. The van der Waals surface area contributed by atoms with E-state index in [1.807, 2.05) is 27.7 Å². The molecule has 0 aromatic heterocycles. The van der Waals surface area contributed by atoms with Crippen molar-refractivity contribution in [3.8, 4) is 0 Å². The van der Waals surface area contributed by atoms with Crippen LogP contribution in [0.2, 0.25) is 0 Å². The highest BCUT2D eigenvalue weighted by atomic mass is 16.3. The number of nitrogens with two attached hydrogens (primary N) is 1. The van der Waals surface area contributed by atoms with Gasteiger partial charge in [0, 0.05) is 7.97 Å². The van der Waals surface area contributed by atoms with Gasteiger partial charge in [-0.05, 0) is 6.92 Å². The smallest absolute Gasteiger partial charge is 0.0634 e. The summed E-state index contributed by atoms with van der Waals surface area (Å²) in [6.45, 7) is 10.0. The minimum Gasteiger partial charge on any atom is -0.392 e. The maximum absolute atomic E-state index is 8.24. The van der Waals surface area contributed by atoms with E-state index in [1.165, 1.54) is 0 Å². The monoisotopic (exact) mass is 137 g/mol. The second kappa shape index (κ2) is 24.7. The summed E-state index contributed by atoms with van der Waals surface area (Å²) < 4.78 is 0. The molecule has 0 fully saturated rings. The van der Waals surface area contributed by atoms with Gasteiger partial charge in [-0.1, -0.05) is 27.7 Å². The number of rotatable bonds is 1. The average Bonchev–Trinajstić information content (AvgIpc) is 1.97. The highest BCUT2D eigenvalue weighted by Crippen LogP contribution is 1.65. The minimum atomic E-state index is -0.338. The van der Waals surface area contributed by atoms with Gasteiger partial charge in [0.15, 0.2) is 0 Å². The third kappa shape index (κ3) is 75.3. The molecule has 0 saturated heterocycles. The highest BCUT2D eigenvalue weighted by Gasteiger charge is 1.81. The summed E-state index contributed by atoms with van der Waals surface area (Å²) in [5, 5.41) is 8.24. The maximum Gasteiger partial charge on any atom is 0.0634 e. The SMILES string of the molecule is CC.CC.CC(O)CN.[HH]. The normalized spacial score (nSPS) is 9.67. The molecule has 1 atom stereocenters. The van der Waals surface area contributed by atoms with Crippen molar-refractivity contribution in [1.29, 1.82) is 0 Å². The van der Waals surface area contributed by atoms with Crippen molar-refractivity contribution >= 4 is 0 Å². The molecule has 0 aromatic carbocycles.